The van der Waals surface area contributed by atoms with Crippen LogP contribution in [0.3, 0.4) is 0 Å². The Morgan fingerprint density at radius 2 is 1.84 bits per heavy atom. The molecule has 0 radical (unpaired) electrons. The summed E-state index contributed by atoms with van der Waals surface area (Å²) in [7, 11) is 0. The molecule has 1 fully saturated rings. The number of rotatable bonds is 2. The van der Waals surface area contributed by atoms with E-state index in [2.05, 4.69) is 10.3 Å². The normalized spacial score (nSPS) is 20.8. The average molecular weight is 344 g/mol. The van der Waals surface area contributed by atoms with Crippen molar-refractivity contribution in [3.63, 3.8) is 0 Å². The van der Waals surface area contributed by atoms with Gasteiger partial charge >= 0.3 is 0 Å². The number of ether oxygens (including phenoxy) is 1. The number of hydrogen-bond acceptors (Lipinski definition) is 4. The Kier molecular flexibility index (Phi) is 4.48. The van der Waals surface area contributed by atoms with E-state index in [9.17, 15) is 9.18 Å². The molecule has 1 saturated heterocycles. The molecule has 4 rings (SSSR count). The Morgan fingerprint density at radius 1 is 1.12 bits per heavy atom. The molecule has 132 valence electrons. The number of likely N-dealkylation sites (tertiary alicyclic amines) is 1. The summed E-state index contributed by atoms with van der Waals surface area (Å²) in [6.07, 6.45) is 4.21. The van der Waals surface area contributed by atoms with Gasteiger partial charge in [0.2, 0.25) is 0 Å². The molecule has 0 N–H and O–H groups in total. The molecule has 1 aromatic heterocycles. The second-order valence-electron chi connectivity index (χ2n) is 6.62. The topological polar surface area (TPSA) is 60.3 Å². The molecule has 0 bridgehead atoms. The van der Waals surface area contributed by atoms with Crippen LogP contribution < -0.4 is 0 Å². The number of nitrogens with zero attached hydrogens (tertiary/aromatic N) is 4. The predicted octanol–water partition coefficient (Wildman–Crippen LogP) is 2.70. The van der Waals surface area contributed by atoms with Gasteiger partial charge in [0.25, 0.3) is 5.91 Å². The highest BCUT2D eigenvalue weighted by atomic mass is 19.1. The molecule has 1 atom stereocenters. The van der Waals surface area contributed by atoms with E-state index in [1.165, 1.54) is 25.0 Å². The van der Waals surface area contributed by atoms with Crippen molar-refractivity contribution in [2.75, 3.05) is 13.1 Å². The molecular formula is C18H21FN4O2. The maximum Gasteiger partial charge on any atom is 0.276 e. The van der Waals surface area contributed by atoms with Crippen molar-refractivity contribution >= 4 is 5.91 Å². The van der Waals surface area contributed by atoms with Gasteiger partial charge < -0.3 is 9.64 Å². The third kappa shape index (κ3) is 3.28. The Labute approximate surface area is 145 Å². The van der Waals surface area contributed by atoms with Crippen LogP contribution >= 0.6 is 0 Å². The van der Waals surface area contributed by atoms with Crippen LogP contribution in [0.4, 0.5) is 4.39 Å². The molecule has 6 nitrogen and oxygen atoms in total. The lowest BCUT2D eigenvalue weighted by Crippen LogP contribution is -2.33. The van der Waals surface area contributed by atoms with Crippen LogP contribution in [0.5, 0.6) is 0 Å². The third-order valence-corrected chi connectivity index (χ3v) is 4.94. The average Bonchev–Trinajstić information content (AvgIpc) is 2.86. The minimum atomic E-state index is -0.272. The monoisotopic (exact) mass is 344 g/mol. The molecule has 1 unspecified atom stereocenters. The van der Waals surface area contributed by atoms with Gasteiger partial charge in [0, 0.05) is 13.1 Å². The summed E-state index contributed by atoms with van der Waals surface area (Å²) in [6.45, 7) is 2.32. The number of amides is 1. The predicted molar refractivity (Wildman–Crippen MR) is 88.3 cm³/mol. The standard InChI is InChI=1S/C18H21FN4O2/c19-14-7-5-13(6-8-14)16-11-23-15(12-25-16)17(20-21-23)18(24)22-9-3-1-2-4-10-22/h5-8,16H,1-4,9-12H2. The molecule has 0 saturated carbocycles. The minimum absolute atomic E-state index is 0.0491. The first kappa shape index (κ1) is 16.2. The first-order valence-corrected chi connectivity index (χ1v) is 8.81. The molecule has 7 heteroatoms. The first-order valence-electron chi connectivity index (χ1n) is 8.81. The summed E-state index contributed by atoms with van der Waals surface area (Å²) in [5.41, 5.74) is 2.02. The van der Waals surface area contributed by atoms with E-state index in [1.807, 2.05) is 4.90 Å². The van der Waals surface area contributed by atoms with Gasteiger partial charge in [-0.3, -0.25) is 4.79 Å². The summed E-state index contributed by atoms with van der Waals surface area (Å²) >= 11 is 0. The Hall–Kier alpha value is -2.28. The van der Waals surface area contributed by atoms with Crippen LogP contribution in [0.25, 0.3) is 0 Å². The van der Waals surface area contributed by atoms with Gasteiger partial charge in [-0.2, -0.15) is 0 Å². The van der Waals surface area contributed by atoms with Crippen LogP contribution in [0, 0.1) is 5.82 Å². The lowest BCUT2D eigenvalue weighted by molar-refractivity contribution is -0.00198. The Morgan fingerprint density at radius 3 is 2.56 bits per heavy atom. The zero-order valence-electron chi connectivity index (χ0n) is 14.0. The van der Waals surface area contributed by atoms with Gasteiger partial charge in [0.15, 0.2) is 5.69 Å². The molecule has 2 aromatic rings. The van der Waals surface area contributed by atoms with Gasteiger partial charge in [0.1, 0.15) is 11.9 Å². The maximum atomic E-state index is 13.1. The van der Waals surface area contributed by atoms with Crippen molar-refractivity contribution in [2.24, 2.45) is 0 Å². The molecule has 1 amide bonds. The number of carbonyl (C=O) groups excluding carboxylic acids is 1. The second kappa shape index (κ2) is 6.92. The van der Waals surface area contributed by atoms with Crippen molar-refractivity contribution in [1.29, 1.82) is 0 Å². The van der Waals surface area contributed by atoms with Crippen molar-refractivity contribution in [3.8, 4) is 0 Å². The van der Waals surface area contributed by atoms with Gasteiger partial charge in [-0.05, 0) is 30.5 Å². The smallest absolute Gasteiger partial charge is 0.276 e. The highest BCUT2D eigenvalue weighted by Crippen LogP contribution is 2.27. The third-order valence-electron chi connectivity index (χ3n) is 4.94. The fraction of sp³-hybridized carbons (Fsp3) is 0.500. The van der Waals surface area contributed by atoms with Crippen LogP contribution in [0.15, 0.2) is 24.3 Å². The van der Waals surface area contributed by atoms with E-state index in [0.717, 1.165) is 37.2 Å². The molecule has 0 spiro atoms. The summed E-state index contributed by atoms with van der Waals surface area (Å²) < 4.78 is 20.7. The van der Waals surface area contributed by atoms with Crippen molar-refractivity contribution in [3.05, 3.63) is 47.0 Å². The van der Waals surface area contributed by atoms with E-state index in [0.29, 0.717) is 12.2 Å². The van der Waals surface area contributed by atoms with Crippen LogP contribution in [-0.2, 0) is 17.9 Å². The summed E-state index contributed by atoms with van der Waals surface area (Å²) in [5.74, 6) is -0.321. The fourth-order valence-electron chi connectivity index (χ4n) is 3.48. The highest BCUT2D eigenvalue weighted by molar-refractivity contribution is 5.93. The van der Waals surface area contributed by atoms with E-state index >= 15 is 0 Å². The summed E-state index contributed by atoms with van der Waals surface area (Å²) in [6, 6.07) is 6.27. The number of hydrogen-bond donors (Lipinski definition) is 0. The fourth-order valence-corrected chi connectivity index (χ4v) is 3.48. The van der Waals surface area contributed by atoms with E-state index < -0.39 is 0 Å². The number of benzene rings is 1. The SMILES string of the molecule is O=C(c1nnn2c1COC(c1ccc(F)cc1)C2)N1CCCCCC1. The Balaban J connectivity index is 1.51. The lowest BCUT2D eigenvalue weighted by Gasteiger charge is -2.25. The highest BCUT2D eigenvalue weighted by Gasteiger charge is 2.30. The van der Waals surface area contributed by atoms with Crippen LogP contribution in [0.2, 0.25) is 0 Å². The van der Waals surface area contributed by atoms with E-state index in [-0.39, 0.29) is 24.4 Å². The largest absolute Gasteiger partial charge is 0.365 e. The number of aromatic nitrogens is 3. The van der Waals surface area contributed by atoms with Gasteiger partial charge in [-0.15, -0.1) is 5.10 Å². The number of fused-ring (bicyclic) bond motifs is 1. The van der Waals surface area contributed by atoms with Crippen LogP contribution in [-0.4, -0.2) is 38.9 Å². The zero-order valence-corrected chi connectivity index (χ0v) is 14.0. The lowest BCUT2D eigenvalue weighted by atomic mass is 10.1. The van der Waals surface area contributed by atoms with Crippen molar-refractivity contribution in [1.82, 2.24) is 19.9 Å². The van der Waals surface area contributed by atoms with Gasteiger partial charge in [-0.1, -0.05) is 30.2 Å². The molecule has 0 aliphatic carbocycles. The first-order chi connectivity index (χ1) is 12.2. The molecular weight excluding hydrogens is 323 g/mol. The second-order valence-corrected chi connectivity index (χ2v) is 6.62. The zero-order chi connectivity index (χ0) is 17.2. The van der Waals surface area contributed by atoms with E-state index in [4.69, 9.17) is 4.74 Å². The van der Waals surface area contributed by atoms with Crippen molar-refractivity contribution in [2.45, 2.75) is 44.9 Å². The Bertz CT molecular complexity index is 751. The maximum absolute atomic E-state index is 13.1. The minimum Gasteiger partial charge on any atom is -0.365 e. The van der Waals surface area contributed by atoms with Gasteiger partial charge in [0.05, 0.1) is 18.8 Å². The van der Waals surface area contributed by atoms with Crippen LogP contribution in [0.1, 0.15) is 53.5 Å². The van der Waals surface area contributed by atoms with E-state index in [1.54, 1.807) is 16.8 Å². The molecule has 2 aliphatic heterocycles. The molecule has 3 heterocycles. The summed E-state index contributed by atoms with van der Waals surface area (Å²) in [4.78, 5) is 14.7. The number of carbonyl (C=O) groups is 1. The molecule has 1 aromatic carbocycles. The number of halogens is 1. The molecule has 2 aliphatic rings. The molecule has 25 heavy (non-hydrogen) atoms. The van der Waals surface area contributed by atoms with Gasteiger partial charge in [-0.25, -0.2) is 9.07 Å². The summed E-state index contributed by atoms with van der Waals surface area (Å²) in [5, 5.41) is 8.28. The quantitative estimate of drug-likeness (QED) is 0.840. The van der Waals surface area contributed by atoms with Crippen molar-refractivity contribution < 1.29 is 13.9 Å².